The second-order valence-corrected chi connectivity index (χ2v) is 9.85. The molecular weight excluding hydrogens is 440 g/mol. The Labute approximate surface area is 206 Å². The molecule has 1 aromatic carbocycles. The van der Waals surface area contributed by atoms with E-state index in [1.165, 1.54) is 19.3 Å². The van der Waals surface area contributed by atoms with Crippen molar-refractivity contribution >= 4 is 40.2 Å². The molecule has 1 amide bonds. The fourth-order valence-electron chi connectivity index (χ4n) is 5.13. The van der Waals surface area contributed by atoms with E-state index < -0.39 is 0 Å². The summed E-state index contributed by atoms with van der Waals surface area (Å²) >= 11 is 0. The smallest absolute Gasteiger partial charge is 0.231 e. The molecule has 0 atom stereocenters. The van der Waals surface area contributed by atoms with E-state index in [9.17, 15) is 4.79 Å². The summed E-state index contributed by atoms with van der Waals surface area (Å²) in [5.41, 5.74) is 3.73. The van der Waals surface area contributed by atoms with Gasteiger partial charge in [-0.25, -0.2) is 4.98 Å². The average Bonchev–Trinajstić information content (AvgIpc) is 3.48. The monoisotopic (exact) mass is 476 g/mol. The first-order chi connectivity index (χ1) is 17.1. The van der Waals surface area contributed by atoms with Gasteiger partial charge in [0.25, 0.3) is 0 Å². The number of nitrogens with zero attached hydrogens (tertiary/aromatic N) is 6. The minimum Gasteiger partial charge on any atom is -0.378 e. The lowest BCUT2D eigenvalue weighted by Crippen LogP contribution is -2.27. The lowest BCUT2D eigenvalue weighted by Gasteiger charge is -2.23. The highest BCUT2D eigenvalue weighted by Crippen LogP contribution is 2.32. The van der Waals surface area contributed by atoms with Gasteiger partial charge >= 0.3 is 0 Å². The van der Waals surface area contributed by atoms with Gasteiger partial charge in [-0.05, 0) is 43.9 Å². The van der Waals surface area contributed by atoms with E-state index in [1.54, 1.807) is 0 Å². The van der Waals surface area contributed by atoms with Gasteiger partial charge in [0, 0.05) is 57.6 Å². The average molecular weight is 477 g/mol. The maximum Gasteiger partial charge on any atom is 0.231 e. The predicted molar refractivity (Wildman–Crippen MR) is 140 cm³/mol. The minimum absolute atomic E-state index is 0.270. The first-order valence-corrected chi connectivity index (χ1v) is 12.9. The molecule has 186 valence electrons. The number of aromatic nitrogens is 4. The number of amides is 1. The topological polar surface area (TPSA) is 91.2 Å². The number of nitrogens with one attached hydrogen (secondary N) is 2. The van der Waals surface area contributed by atoms with Gasteiger partial charge in [-0.3, -0.25) is 4.79 Å². The Balaban J connectivity index is 1.39. The zero-order valence-electron chi connectivity index (χ0n) is 20.8. The predicted octanol–water partition coefficient (Wildman–Crippen LogP) is 4.57. The van der Waals surface area contributed by atoms with Crippen LogP contribution in [-0.2, 0) is 4.79 Å². The van der Waals surface area contributed by atoms with Crippen LogP contribution in [0.5, 0.6) is 0 Å². The SMILES string of the molecule is CN(C)c1cccc(Nc2nc(NCCCN3CCCC3=O)c3ncn(C4CCCCC4)c3n2)c1. The second kappa shape index (κ2) is 10.5. The zero-order chi connectivity index (χ0) is 24.2. The largest absolute Gasteiger partial charge is 0.378 e. The van der Waals surface area contributed by atoms with Crippen LogP contribution < -0.4 is 15.5 Å². The van der Waals surface area contributed by atoms with Crippen LogP contribution >= 0.6 is 0 Å². The molecule has 0 spiro atoms. The lowest BCUT2D eigenvalue weighted by molar-refractivity contribution is -0.127. The summed E-state index contributed by atoms with van der Waals surface area (Å²) in [6, 6.07) is 8.65. The zero-order valence-corrected chi connectivity index (χ0v) is 20.8. The van der Waals surface area contributed by atoms with E-state index in [2.05, 4.69) is 32.2 Å². The van der Waals surface area contributed by atoms with Gasteiger partial charge in [0.2, 0.25) is 11.9 Å². The first kappa shape index (κ1) is 23.4. The van der Waals surface area contributed by atoms with Crippen LogP contribution in [0.25, 0.3) is 11.2 Å². The summed E-state index contributed by atoms with van der Waals surface area (Å²) in [7, 11) is 4.06. The van der Waals surface area contributed by atoms with Crippen molar-refractivity contribution in [3.05, 3.63) is 30.6 Å². The van der Waals surface area contributed by atoms with Crippen molar-refractivity contribution < 1.29 is 4.79 Å². The Morgan fingerprint density at radius 1 is 1.11 bits per heavy atom. The number of carbonyl (C=O) groups excluding carboxylic acids is 1. The van der Waals surface area contributed by atoms with Crippen molar-refractivity contribution in [3.8, 4) is 0 Å². The minimum atomic E-state index is 0.270. The number of carbonyl (C=O) groups is 1. The molecule has 9 heteroatoms. The van der Waals surface area contributed by atoms with Crippen LogP contribution in [0.4, 0.5) is 23.1 Å². The number of hydrogen-bond donors (Lipinski definition) is 2. The molecule has 3 aromatic rings. The normalized spacial score (nSPS) is 16.7. The fraction of sp³-hybridized carbons (Fsp3) is 0.538. The van der Waals surface area contributed by atoms with Gasteiger partial charge in [0.1, 0.15) is 0 Å². The third kappa shape index (κ3) is 5.33. The van der Waals surface area contributed by atoms with Crippen molar-refractivity contribution in [3.63, 3.8) is 0 Å². The van der Waals surface area contributed by atoms with Crippen LogP contribution in [0.1, 0.15) is 57.4 Å². The van der Waals surface area contributed by atoms with E-state index in [-0.39, 0.29) is 5.91 Å². The Morgan fingerprint density at radius 2 is 1.97 bits per heavy atom. The summed E-state index contributed by atoms with van der Waals surface area (Å²) < 4.78 is 2.24. The summed E-state index contributed by atoms with van der Waals surface area (Å²) in [5, 5.41) is 6.90. The number of rotatable bonds is 9. The Morgan fingerprint density at radius 3 is 2.74 bits per heavy atom. The maximum absolute atomic E-state index is 11.9. The molecule has 0 radical (unpaired) electrons. The van der Waals surface area contributed by atoms with E-state index in [4.69, 9.17) is 15.0 Å². The standard InChI is InChI=1S/C26H36N8O/c1-32(2)21-12-6-9-19(17-21)29-26-30-24(27-14-8-16-33-15-7-13-22(33)35)23-25(31-26)34(18-28-23)20-10-4-3-5-11-20/h6,9,12,17-18,20H,3-5,7-8,10-11,13-16H2,1-2H3,(H2,27,29,30,31). The van der Waals surface area contributed by atoms with Gasteiger partial charge < -0.3 is 25.0 Å². The Kier molecular flexibility index (Phi) is 7.01. The molecule has 1 aliphatic heterocycles. The van der Waals surface area contributed by atoms with Crippen molar-refractivity contribution in [2.45, 2.75) is 57.4 Å². The van der Waals surface area contributed by atoms with E-state index in [0.29, 0.717) is 18.4 Å². The number of benzene rings is 1. The third-order valence-electron chi connectivity index (χ3n) is 7.08. The van der Waals surface area contributed by atoms with Crippen molar-refractivity contribution in [2.24, 2.45) is 0 Å². The quantitative estimate of drug-likeness (QED) is 0.437. The van der Waals surface area contributed by atoms with Gasteiger partial charge in [-0.15, -0.1) is 0 Å². The summed E-state index contributed by atoms with van der Waals surface area (Å²) in [5.74, 6) is 1.57. The molecule has 9 nitrogen and oxygen atoms in total. The van der Waals surface area contributed by atoms with Crippen LogP contribution in [-0.4, -0.2) is 64.1 Å². The number of likely N-dealkylation sites (tertiary alicyclic amines) is 1. The van der Waals surface area contributed by atoms with Crippen LogP contribution in [0, 0.1) is 0 Å². The molecule has 2 aliphatic rings. The summed E-state index contributed by atoms with van der Waals surface area (Å²) in [4.78, 5) is 30.4. The number of fused-ring (bicyclic) bond motifs is 1. The second-order valence-electron chi connectivity index (χ2n) is 9.85. The third-order valence-corrected chi connectivity index (χ3v) is 7.08. The molecule has 1 aliphatic carbocycles. The molecule has 2 fully saturated rings. The van der Waals surface area contributed by atoms with Crippen molar-refractivity contribution in [2.75, 3.05) is 49.3 Å². The van der Waals surface area contributed by atoms with Gasteiger partial charge in [0.15, 0.2) is 17.0 Å². The fourth-order valence-corrected chi connectivity index (χ4v) is 5.13. The van der Waals surface area contributed by atoms with E-state index in [1.807, 2.05) is 37.5 Å². The molecule has 0 bridgehead atoms. The molecule has 1 saturated carbocycles. The van der Waals surface area contributed by atoms with Crippen LogP contribution in [0.2, 0.25) is 0 Å². The molecule has 3 heterocycles. The van der Waals surface area contributed by atoms with Crippen LogP contribution in [0.15, 0.2) is 30.6 Å². The molecular formula is C26H36N8O. The number of hydrogen-bond acceptors (Lipinski definition) is 7. The first-order valence-electron chi connectivity index (χ1n) is 12.9. The van der Waals surface area contributed by atoms with E-state index >= 15 is 0 Å². The van der Waals surface area contributed by atoms with Gasteiger partial charge in [-0.2, -0.15) is 9.97 Å². The maximum atomic E-state index is 11.9. The Hall–Kier alpha value is -3.36. The molecule has 2 aromatic heterocycles. The molecule has 1 saturated heterocycles. The number of anilines is 4. The lowest BCUT2D eigenvalue weighted by atomic mass is 9.95. The van der Waals surface area contributed by atoms with Crippen molar-refractivity contribution in [1.82, 2.24) is 24.4 Å². The Bertz CT molecular complexity index is 1170. The molecule has 35 heavy (non-hydrogen) atoms. The summed E-state index contributed by atoms with van der Waals surface area (Å²) in [6.45, 7) is 2.38. The van der Waals surface area contributed by atoms with E-state index in [0.717, 1.165) is 73.7 Å². The molecule has 5 rings (SSSR count). The molecule has 2 N–H and O–H groups in total. The highest BCUT2D eigenvalue weighted by atomic mass is 16.2. The molecule has 0 unspecified atom stereocenters. The van der Waals surface area contributed by atoms with Crippen LogP contribution in [0.3, 0.4) is 0 Å². The highest BCUT2D eigenvalue weighted by molar-refractivity contribution is 5.85. The van der Waals surface area contributed by atoms with Gasteiger partial charge in [-0.1, -0.05) is 25.3 Å². The number of imidazole rings is 1. The summed E-state index contributed by atoms with van der Waals surface area (Å²) in [6.07, 6.45) is 10.6. The highest BCUT2D eigenvalue weighted by Gasteiger charge is 2.22. The van der Waals surface area contributed by atoms with Crippen molar-refractivity contribution in [1.29, 1.82) is 0 Å². The van der Waals surface area contributed by atoms with Gasteiger partial charge in [0.05, 0.1) is 6.33 Å².